The van der Waals surface area contributed by atoms with Gasteiger partial charge in [-0.3, -0.25) is 14.3 Å². The molecule has 4 atom stereocenters. The van der Waals surface area contributed by atoms with Crippen LogP contribution in [0.2, 0.25) is 0 Å². The quantitative estimate of drug-likeness (QED) is 0.867. The molecule has 0 radical (unpaired) electrons. The summed E-state index contributed by atoms with van der Waals surface area (Å²) in [6.07, 6.45) is 3.31. The topological polar surface area (TPSA) is 49.4 Å². The Hall–Kier alpha value is -1.20. The van der Waals surface area contributed by atoms with E-state index >= 15 is 0 Å². The van der Waals surface area contributed by atoms with Crippen LogP contribution in [0.3, 0.4) is 0 Å². The van der Waals surface area contributed by atoms with Gasteiger partial charge in [0.2, 0.25) is 5.91 Å². The van der Waals surface area contributed by atoms with Gasteiger partial charge in [-0.2, -0.15) is 0 Å². The molecule has 5 heteroatoms. The highest BCUT2D eigenvalue weighted by atomic mass is 32.2. The molecular weight excluding hydrogens is 284 g/mol. The van der Waals surface area contributed by atoms with Crippen LogP contribution in [-0.2, 0) is 22.0 Å². The van der Waals surface area contributed by atoms with E-state index in [1.54, 1.807) is 6.26 Å². The van der Waals surface area contributed by atoms with E-state index in [2.05, 4.69) is 12.2 Å². The molecule has 1 aliphatic rings. The van der Waals surface area contributed by atoms with Gasteiger partial charge in [0.15, 0.2) is 0 Å². The minimum absolute atomic E-state index is 0.000255. The van der Waals surface area contributed by atoms with E-state index < -0.39 is 10.8 Å². The third-order valence-corrected chi connectivity index (χ3v) is 5.32. The first-order valence-electron chi connectivity index (χ1n) is 7.45. The second kappa shape index (κ2) is 7.18. The monoisotopic (exact) mass is 308 g/mol. The number of benzene rings is 1. The van der Waals surface area contributed by atoms with E-state index in [-0.39, 0.29) is 23.4 Å². The number of rotatable bonds is 6. The Kier molecular flexibility index (Phi) is 5.53. The van der Waals surface area contributed by atoms with Crippen molar-refractivity contribution >= 4 is 16.7 Å². The van der Waals surface area contributed by atoms with Crippen molar-refractivity contribution in [1.29, 1.82) is 0 Å². The summed E-state index contributed by atoms with van der Waals surface area (Å²) in [5.41, 5.74) is 1.16. The average Bonchev–Trinajstić information content (AvgIpc) is 2.77. The average molecular weight is 308 g/mol. The molecule has 1 saturated heterocycles. The predicted octanol–water partition coefficient (Wildman–Crippen LogP) is 1.53. The number of nitrogens with one attached hydrogen (secondary N) is 1. The Morgan fingerprint density at radius 3 is 2.57 bits per heavy atom. The van der Waals surface area contributed by atoms with Gasteiger partial charge >= 0.3 is 0 Å². The molecule has 0 saturated carbocycles. The third-order valence-electron chi connectivity index (χ3n) is 4.04. The van der Waals surface area contributed by atoms with E-state index in [1.165, 1.54) is 0 Å². The maximum atomic E-state index is 12.6. The standard InChI is InChI=1S/C16H24N2O2S/c1-4-15-17-14(10-13-8-6-5-7-9-13)16(19)18(15)11-12(2)21(3)20/h5-9,12,14-15,17H,4,10-11H2,1-3H3. The molecule has 1 aliphatic heterocycles. The lowest BCUT2D eigenvalue weighted by Crippen LogP contribution is -2.41. The highest BCUT2D eigenvalue weighted by molar-refractivity contribution is 7.84. The first kappa shape index (κ1) is 16.2. The molecule has 0 bridgehead atoms. The number of carbonyl (C=O) groups is 1. The Morgan fingerprint density at radius 2 is 2.00 bits per heavy atom. The first-order chi connectivity index (χ1) is 10.0. The van der Waals surface area contributed by atoms with E-state index in [4.69, 9.17) is 0 Å². The largest absolute Gasteiger partial charge is 0.325 e. The Labute approximate surface area is 129 Å². The van der Waals surface area contributed by atoms with Gasteiger partial charge in [-0.1, -0.05) is 37.3 Å². The molecular formula is C16H24N2O2S. The molecule has 1 heterocycles. The zero-order chi connectivity index (χ0) is 15.4. The summed E-state index contributed by atoms with van der Waals surface area (Å²) in [7, 11) is -0.909. The number of amides is 1. The number of hydrogen-bond donors (Lipinski definition) is 1. The second-order valence-corrected chi connectivity index (χ2v) is 7.43. The summed E-state index contributed by atoms with van der Waals surface area (Å²) in [4.78, 5) is 14.5. The normalized spacial score (nSPS) is 25.1. The lowest BCUT2D eigenvalue weighted by molar-refractivity contribution is -0.130. The maximum Gasteiger partial charge on any atom is 0.241 e. The van der Waals surface area contributed by atoms with Gasteiger partial charge in [0.25, 0.3) is 0 Å². The highest BCUT2D eigenvalue weighted by Gasteiger charge is 2.38. The van der Waals surface area contributed by atoms with Crippen molar-refractivity contribution in [2.45, 2.75) is 44.1 Å². The van der Waals surface area contributed by atoms with Gasteiger partial charge < -0.3 is 4.90 Å². The van der Waals surface area contributed by atoms with Crippen molar-refractivity contribution in [2.24, 2.45) is 0 Å². The zero-order valence-corrected chi connectivity index (χ0v) is 13.7. The maximum absolute atomic E-state index is 12.6. The molecule has 0 spiro atoms. The van der Waals surface area contributed by atoms with Crippen LogP contribution in [0, 0.1) is 0 Å². The number of hydrogen-bond acceptors (Lipinski definition) is 3. The van der Waals surface area contributed by atoms with Crippen LogP contribution in [0.25, 0.3) is 0 Å². The summed E-state index contributed by atoms with van der Waals surface area (Å²) in [5, 5.41) is 3.41. The first-order valence-corrected chi connectivity index (χ1v) is 9.07. The molecule has 1 fully saturated rings. The predicted molar refractivity (Wildman–Crippen MR) is 86.4 cm³/mol. The fourth-order valence-electron chi connectivity index (χ4n) is 2.68. The summed E-state index contributed by atoms with van der Waals surface area (Å²) >= 11 is 0. The van der Waals surface area contributed by atoms with Crippen LogP contribution in [0.4, 0.5) is 0 Å². The Balaban J connectivity index is 2.06. The molecule has 4 unspecified atom stereocenters. The van der Waals surface area contributed by atoms with Crippen molar-refractivity contribution in [3.8, 4) is 0 Å². The minimum Gasteiger partial charge on any atom is -0.325 e. The van der Waals surface area contributed by atoms with Crippen molar-refractivity contribution in [3.63, 3.8) is 0 Å². The Morgan fingerprint density at radius 1 is 1.33 bits per heavy atom. The minimum atomic E-state index is -0.909. The lowest BCUT2D eigenvalue weighted by Gasteiger charge is -2.25. The number of carbonyl (C=O) groups excluding carboxylic acids is 1. The van der Waals surface area contributed by atoms with Gasteiger partial charge in [-0.05, 0) is 25.3 Å². The molecule has 21 heavy (non-hydrogen) atoms. The van der Waals surface area contributed by atoms with E-state index in [0.717, 1.165) is 12.0 Å². The molecule has 1 amide bonds. The van der Waals surface area contributed by atoms with Crippen LogP contribution in [-0.4, -0.2) is 45.3 Å². The zero-order valence-electron chi connectivity index (χ0n) is 12.9. The summed E-state index contributed by atoms with van der Waals surface area (Å²) in [5.74, 6) is 0.128. The van der Waals surface area contributed by atoms with Gasteiger partial charge in [-0.25, -0.2) is 0 Å². The molecule has 0 aromatic heterocycles. The second-order valence-electron chi connectivity index (χ2n) is 5.63. The molecule has 1 aromatic rings. The lowest BCUT2D eigenvalue weighted by atomic mass is 10.1. The van der Waals surface area contributed by atoms with Crippen LogP contribution in [0.15, 0.2) is 30.3 Å². The van der Waals surface area contributed by atoms with Crippen molar-refractivity contribution in [2.75, 3.05) is 12.8 Å². The third kappa shape index (κ3) is 3.92. The molecule has 1 aromatic carbocycles. The molecule has 0 aliphatic carbocycles. The highest BCUT2D eigenvalue weighted by Crippen LogP contribution is 2.18. The van der Waals surface area contributed by atoms with Gasteiger partial charge in [0.05, 0.1) is 12.2 Å². The Bertz CT molecular complexity index is 506. The molecule has 1 N–H and O–H groups in total. The SMILES string of the molecule is CCC1NC(Cc2ccccc2)C(=O)N1CC(C)S(C)=O. The summed E-state index contributed by atoms with van der Waals surface area (Å²) < 4.78 is 11.6. The molecule has 4 nitrogen and oxygen atoms in total. The smallest absolute Gasteiger partial charge is 0.241 e. The number of nitrogens with zero attached hydrogens (tertiary/aromatic N) is 1. The van der Waals surface area contributed by atoms with Gasteiger partial charge in [0.1, 0.15) is 0 Å². The van der Waals surface area contributed by atoms with Crippen molar-refractivity contribution in [3.05, 3.63) is 35.9 Å². The van der Waals surface area contributed by atoms with E-state index in [1.807, 2.05) is 42.2 Å². The van der Waals surface area contributed by atoms with Crippen LogP contribution in [0.5, 0.6) is 0 Å². The van der Waals surface area contributed by atoms with E-state index in [9.17, 15) is 9.00 Å². The van der Waals surface area contributed by atoms with Crippen LogP contribution >= 0.6 is 0 Å². The fourth-order valence-corrected chi connectivity index (χ4v) is 3.05. The molecule has 116 valence electrons. The van der Waals surface area contributed by atoms with Gasteiger partial charge in [0, 0.05) is 28.9 Å². The van der Waals surface area contributed by atoms with Crippen molar-refractivity contribution < 1.29 is 9.00 Å². The van der Waals surface area contributed by atoms with E-state index in [0.29, 0.717) is 13.0 Å². The van der Waals surface area contributed by atoms with Crippen LogP contribution < -0.4 is 5.32 Å². The summed E-state index contributed by atoms with van der Waals surface area (Å²) in [6.45, 7) is 4.55. The fraction of sp³-hybridized carbons (Fsp3) is 0.562. The van der Waals surface area contributed by atoms with Crippen LogP contribution in [0.1, 0.15) is 25.8 Å². The molecule has 2 rings (SSSR count). The van der Waals surface area contributed by atoms with Crippen molar-refractivity contribution in [1.82, 2.24) is 10.2 Å². The summed E-state index contributed by atoms with van der Waals surface area (Å²) in [6, 6.07) is 9.88. The van der Waals surface area contributed by atoms with Gasteiger partial charge in [-0.15, -0.1) is 0 Å².